The van der Waals surface area contributed by atoms with Gasteiger partial charge in [-0.2, -0.15) is 0 Å². The molecule has 1 aromatic heterocycles. The highest BCUT2D eigenvalue weighted by atomic mass is 35.5. The van der Waals surface area contributed by atoms with Crippen molar-refractivity contribution in [2.24, 2.45) is 0 Å². The zero-order valence-electron chi connectivity index (χ0n) is 7.14. The van der Waals surface area contributed by atoms with Gasteiger partial charge in [0.2, 0.25) is 0 Å². The predicted octanol–water partition coefficient (Wildman–Crippen LogP) is 2.47. The minimum Gasteiger partial charge on any atom is -0.301 e. The third-order valence-electron chi connectivity index (χ3n) is 2.37. The van der Waals surface area contributed by atoms with Crippen LogP contribution >= 0.6 is 22.9 Å². The van der Waals surface area contributed by atoms with Gasteiger partial charge < -0.3 is 4.90 Å². The molecule has 1 aromatic rings. The molecule has 1 aliphatic rings. The normalized spacial score (nSPS) is 17.8. The molecule has 1 nitrogen and oxygen atoms in total. The maximum atomic E-state index is 5.83. The van der Waals surface area contributed by atoms with Crippen LogP contribution < -0.4 is 0 Å². The van der Waals surface area contributed by atoms with Gasteiger partial charge in [-0.25, -0.2) is 0 Å². The Morgan fingerprint density at radius 1 is 1.67 bits per heavy atom. The van der Waals surface area contributed by atoms with Gasteiger partial charge in [-0.15, -0.1) is 22.9 Å². The van der Waals surface area contributed by atoms with Crippen molar-refractivity contribution < 1.29 is 0 Å². The standard InChI is InChI=1S/C9H12ClNS/c1-11-3-2-8-7(4-10)6-12-9(8)5-11/h6H,2-5H2,1H3. The molecule has 0 fully saturated rings. The highest BCUT2D eigenvalue weighted by molar-refractivity contribution is 7.10. The minimum absolute atomic E-state index is 0.676. The fraction of sp³-hybridized carbons (Fsp3) is 0.556. The first-order chi connectivity index (χ1) is 5.81. The molecule has 0 N–H and O–H groups in total. The van der Waals surface area contributed by atoms with E-state index in [1.165, 1.54) is 29.0 Å². The highest BCUT2D eigenvalue weighted by Gasteiger charge is 2.17. The van der Waals surface area contributed by atoms with Gasteiger partial charge in [-0.05, 0) is 30.0 Å². The van der Waals surface area contributed by atoms with Crippen molar-refractivity contribution in [2.75, 3.05) is 13.6 Å². The number of fused-ring (bicyclic) bond motifs is 1. The van der Waals surface area contributed by atoms with Crippen LogP contribution in [0.2, 0.25) is 0 Å². The Balaban J connectivity index is 2.32. The molecule has 0 spiro atoms. The van der Waals surface area contributed by atoms with Crippen molar-refractivity contribution in [1.29, 1.82) is 0 Å². The monoisotopic (exact) mass is 201 g/mol. The smallest absolute Gasteiger partial charge is 0.0485 e. The molecule has 3 heteroatoms. The lowest BCUT2D eigenvalue weighted by Gasteiger charge is -2.22. The zero-order valence-corrected chi connectivity index (χ0v) is 8.71. The number of rotatable bonds is 1. The molecule has 0 saturated carbocycles. The Labute approximate surface area is 82.0 Å². The van der Waals surface area contributed by atoms with E-state index in [1.54, 1.807) is 0 Å². The van der Waals surface area contributed by atoms with Crippen molar-refractivity contribution in [1.82, 2.24) is 4.90 Å². The molecule has 1 aliphatic heterocycles. The molecular formula is C9H12ClNS. The van der Waals surface area contributed by atoms with Gasteiger partial charge in [-0.3, -0.25) is 0 Å². The van der Waals surface area contributed by atoms with Crippen molar-refractivity contribution >= 4 is 22.9 Å². The lowest BCUT2D eigenvalue weighted by atomic mass is 10.1. The average Bonchev–Trinajstić information content (AvgIpc) is 2.46. The van der Waals surface area contributed by atoms with Crippen LogP contribution in [0.3, 0.4) is 0 Å². The van der Waals surface area contributed by atoms with Crippen LogP contribution in [0.4, 0.5) is 0 Å². The fourth-order valence-corrected chi connectivity index (χ4v) is 3.15. The Hall–Kier alpha value is -0.0500. The fourth-order valence-electron chi connectivity index (χ4n) is 1.64. The lowest BCUT2D eigenvalue weighted by molar-refractivity contribution is 0.316. The molecule has 0 bridgehead atoms. The van der Waals surface area contributed by atoms with E-state index < -0.39 is 0 Å². The summed E-state index contributed by atoms with van der Waals surface area (Å²) in [5, 5.41) is 2.21. The Morgan fingerprint density at radius 2 is 2.50 bits per heavy atom. The molecule has 0 radical (unpaired) electrons. The zero-order chi connectivity index (χ0) is 8.55. The Morgan fingerprint density at radius 3 is 3.25 bits per heavy atom. The summed E-state index contributed by atoms with van der Waals surface area (Å²) >= 11 is 7.69. The minimum atomic E-state index is 0.676. The van der Waals surface area contributed by atoms with Crippen LogP contribution in [0.5, 0.6) is 0 Å². The van der Waals surface area contributed by atoms with Gasteiger partial charge in [0.25, 0.3) is 0 Å². The van der Waals surface area contributed by atoms with E-state index in [0.717, 1.165) is 6.54 Å². The SMILES string of the molecule is CN1CCc2c(CCl)csc2C1. The molecule has 0 saturated heterocycles. The third kappa shape index (κ3) is 1.39. The third-order valence-corrected chi connectivity index (χ3v) is 3.72. The second-order valence-corrected chi connectivity index (χ2v) is 4.52. The Kier molecular flexibility index (Phi) is 2.40. The van der Waals surface area contributed by atoms with E-state index in [-0.39, 0.29) is 0 Å². The summed E-state index contributed by atoms with van der Waals surface area (Å²) in [6, 6.07) is 0. The summed E-state index contributed by atoms with van der Waals surface area (Å²) in [5.41, 5.74) is 2.87. The summed E-state index contributed by atoms with van der Waals surface area (Å²) in [6.45, 7) is 2.28. The van der Waals surface area contributed by atoms with Crippen molar-refractivity contribution in [3.8, 4) is 0 Å². The summed E-state index contributed by atoms with van der Waals surface area (Å²) in [7, 11) is 2.17. The molecule has 66 valence electrons. The van der Waals surface area contributed by atoms with E-state index in [0.29, 0.717) is 5.88 Å². The van der Waals surface area contributed by atoms with Gasteiger partial charge in [0, 0.05) is 23.8 Å². The first kappa shape index (κ1) is 8.54. The van der Waals surface area contributed by atoms with Gasteiger partial charge in [0.05, 0.1) is 0 Å². The van der Waals surface area contributed by atoms with Crippen molar-refractivity contribution in [3.63, 3.8) is 0 Å². The van der Waals surface area contributed by atoms with Crippen LogP contribution in [0, 0.1) is 0 Å². The van der Waals surface area contributed by atoms with Crippen LogP contribution in [-0.4, -0.2) is 18.5 Å². The molecule has 2 heterocycles. The van der Waals surface area contributed by atoms with E-state index in [2.05, 4.69) is 17.3 Å². The van der Waals surface area contributed by atoms with Crippen LogP contribution in [0.25, 0.3) is 0 Å². The maximum absolute atomic E-state index is 5.83. The predicted molar refractivity (Wildman–Crippen MR) is 53.9 cm³/mol. The molecule has 0 aromatic carbocycles. The molecule has 0 amide bonds. The van der Waals surface area contributed by atoms with Crippen LogP contribution in [0.15, 0.2) is 5.38 Å². The molecule has 0 aliphatic carbocycles. The number of hydrogen-bond acceptors (Lipinski definition) is 2. The first-order valence-corrected chi connectivity index (χ1v) is 5.55. The molecule has 2 rings (SSSR count). The maximum Gasteiger partial charge on any atom is 0.0485 e. The second-order valence-electron chi connectivity index (χ2n) is 3.28. The van der Waals surface area contributed by atoms with Crippen LogP contribution in [-0.2, 0) is 18.8 Å². The Bertz CT molecular complexity index is 282. The molecule has 0 atom stereocenters. The largest absolute Gasteiger partial charge is 0.301 e. The van der Waals surface area contributed by atoms with Gasteiger partial charge in [0.1, 0.15) is 0 Å². The summed E-state index contributed by atoms with van der Waals surface area (Å²) in [4.78, 5) is 3.87. The van der Waals surface area contributed by atoms with Gasteiger partial charge in [0.15, 0.2) is 0 Å². The summed E-state index contributed by atoms with van der Waals surface area (Å²) in [5.74, 6) is 0.676. The summed E-state index contributed by atoms with van der Waals surface area (Å²) in [6.07, 6.45) is 1.18. The quantitative estimate of drug-likeness (QED) is 0.632. The number of likely N-dealkylation sites (N-methyl/N-ethyl adjacent to an activating group) is 1. The van der Waals surface area contributed by atoms with E-state index in [9.17, 15) is 0 Å². The topological polar surface area (TPSA) is 3.24 Å². The number of thiophene rings is 1. The van der Waals surface area contributed by atoms with E-state index >= 15 is 0 Å². The van der Waals surface area contributed by atoms with Gasteiger partial charge >= 0.3 is 0 Å². The lowest BCUT2D eigenvalue weighted by Crippen LogP contribution is -2.25. The van der Waals surface area contributed by atoms with E-state index in [4.69, 9.17) is 11.6 Å². The molecule has 12 heavy (non-hydrogen) atoms. The van der Waals surface area contributed by atoms with E-state index in [1.807, 2.05) is 11.3 Å². The highest BCUT2D eigenvalue weighted by Crippen LogP contribution is 2.28. The number of nitrogens with zero attached hydrogens (tertiary/aromatic N) is 1. The molecule has 0 unspecified atom stereocenters. The second kappa shape index (κ2) is 3.36. The van der Waals surface area contributed by atoms with Crippen LogP contribution in [0.1, 0.15) is 16.0 Å². The average molecular weight is 202 g/mol. The number of hydrogen-bond donors (Lipinski definition) is 0. The van der Waals surface area contributed by atoms with Crippen molar-refractivity contribution in [2.45, 2.75) is 18.8 Å². The number of halogens is 1. The van der Waals surface area contributed by atoms with Crippen molar-refractivity contribution in [3.05, 3.63) is 21.4 Å². The van der Waals surface area contributed by atoms with Gasteiger partial charge in [-0.1, -0.05) is 0 Å². The number of alkyl halides is 1. The molecular weight excluding hydrogens is 190 g/mol. The first-order valence-electron chi connectivity index (χ1n) is 4.14. The summed E-state index contributed by atoms with van der Waals surface area (Å²) < 4.78 is 0.